The van der Waals surface area contributed by atoms with Gasteiger partial charge < -0.3 is 11.1 Å². The van der Waals surface area contributed by atoms with Crippen molar-refractivity contribution >= 4 is 27.5 Å². The lowest BCUT2D eigenvalue weighted by Gasteiger charge is -2.07. The van der Waals surface area contributed by atoms with Gasteiger partial charge >= 0.3 is 0 Å². The van der Waals surface area contributed by atoms with Crippen molar-refractivity contribution < 1.29 is 9.18 Å². The van der Waals surface area contributed by atoms with Gasteiger partial charge in [-0.2, -0.15) is 0 Å². The molecule has 0 aliphatic carbocycles. The first-order valence-corrected chi connectivity index (χ1v) is 6.94. The summed E-state index contributed by atoms with van der Waals surface area (Å²) in [6, 6.07) is 11.5. The third kappa shape index (κ3) is 3.57. The van der Waals surface area contributed by atoms with E-state index >= 15 is 0 Å². The normalized spacial score (nSPS) is 10.3. The maximum atomic E-state index is 13.4. The summed E-state index contributed by atoms with van der Waals surface area (Å²) in [5.74, 6) is -0.459. The zero-order valence-corrected chi connectivity index (χ0v) is 12.3. The number of nitrogens with one attached hydrogen (secondary N) is 1. The van der Waals surface area contributed by atoms with Crippen LogP contribution in [0.3, 0.4) is 0 Å². The zero-order chi connectivity index (χ0) is 14.5. The number of nitrogen functional groups attached to an aromatic ring is 1. The lowest BCUT2D eigenvalue weighted by molar-refractivity contribution is 0.0954. The minimum absolute atomic E-state index is 0.206. The smallest absolute Gasteiger partial charge is 0.251 e. The Hall–Kier alpha value is -1.88. The average molecular weight is 337 g/mol. The van der Waals surface area contributed by atoms with Crippen LogP contribution in [-0.4, -0.2) is 12.5 Å². The molecule has 0 saturated heterocycles. The van der Waals surface area contributed by atoms with Crippen molar-refractivity contribution in [1.29, 1.82) is 0 Å². The molecular formula is C15H14BrFN2O. The second-order valence-electron chi connectivity index (χ2n) is 4.33. The first-order valence-electron chi connectivity index (χ1n) is 6.14. The Kier molecular flexibility index (Phi) is 4.74. The van der Waals surface area contributed by atoms with Crippen LogP contribution in [0.15, 0.2) is 46.9 Å². The molecule has 20 heavy (non-hydrogen) atoms. The lowest BCUT2D eigenvalue weighted by atomic mass is 10.1. The van der Waals surface area contributed by atoms with Crippen molar-refractivity contribution in [1.82, 2.24) is 5.32 Å². The summed E-state index contributed by atoms with van der Waals surface area (Å²) >= 11 is 3.27. The van der Waals surface area contributed by atoms with E-state index in [2.05, 4.69) is 21.2 Å². The van der Waals surface area contributed by atoms with E-state index in [4.69, 9.17) is 5.73 Å². The van der Waals surface area contributed by atoms with E-state index < -0.39 is 0 Å². The number of amides is 1. The van der Waals surface area contributed by atoms with Gasteiger partial charge in [0.05, 0.1) is 0 Å². The highest BCUT2D eigenvalue weighted by molar-refractivity contribution is 9.10. The minimum atomic E-state index is -0.253. The van der Waals surface area contributed by atoms with Gasteiger partial charge in [-0.3, -0.25) is 4.79 Å². The summed E-state index contributed by atoms with van der Waals surface area (Å²) in [6.07, 6.45) is 0.453. The van der Waals surface area contributed by atoms with Crippen molar-refractivity contribution in [2.75, 3.05) is 12.3 Å². The number of hydrogen-bond acceptors (Lipinski definition) is 2. The fourth-order valence-electron chi connectivity index (χ4n) is 1.78. The van der Waals surface area contributed by atoms with Crippen molar-refractivity contribution in [2.45, 2.75) is 6.42 Å². The van der Waals surface area contributed by atoms with Crippen LogP contribution in [0.4, 0.5) is 10.1 Å². The standard InChI is InChI=1S/C15H14BrFN2O/c16-12-9-11(5-6-14(12)18)15(20)19-8-7-10-3-1-2-4-13(10)17/h1-6,9H,7-8,18H2,(H,19,20). The zero-order valence-electron chi connectivity index (χ0n) is 10.7. The molecule has 0 spiro atoms. The van der Waals surface area contributed by atoms with Gasteiger partial charge in [-0.1, -0.05) is 18.2 Å². The molecule has 5 heteroatoms. The molecule has 0 heterocycles. The maximum Gasteiger partial charge on any atom is 0.251 e. The first kappa shape index (κ1) is 14.5. The molecule has 0 aliphatic heterocycles. The predicted octanol–water partition coefficient (Wildman–Crippen LogP) is 3.14. The topological polar surface area (TPSA) is 55.1 Å². The number of carbonyl (C=O) groups is 1. The van der Waals surface area contributed by atoms with Crippen LogP contribution in [0.25, 0.3) is 0 Å². The Morgan fingerprint density at radius 3 is 2.70 bits per heavy atom. The molecule has 0 atom stereocenters. The van der Waals surface area contributed by atoms with E-state index in [-0.39, 0.29) is 11.7 Å². The average Bonchev–Trinajstić information content (AvgIpc) is 2.44. The van der Waals surface area contributed by atoms with Gasteiger partial charge in [-0.25, -0.2) is 4.39 Å². The van der Waals surface area contributed by atoms with Gasteiger partial charge in [0.25, 0.3) is 5.91 Å². The molecule has 2 rings (SSSR count). The molecule has 0 unspecified atom stereocenters. The highest BCUT2D eigenvalue weighted by Crippen LogP contribution is 2.20. The van der Waals surface area contributed by atoms with E-state index in [1.54, 1.807) is 36.4 Å². The summed E-state index contributed by atoms with van der Waals surface area (Å²) in [6.45, 7) is 0.377. The molecular weight excluding hydrogens is 323 g/mol. The van der Waals surface area contributed by atoms with Crippen LogP contribution < -0.4 is 11.1 Å². The van der Waals surface area contributed by atoms with Crippen LogP contribution in [0.5, 0.6) is 0 Å². The van der Waals surface area contributed by atoms with Gasteiger partial charge in [0.1, 0.15) is 5.82 Å². The fraction of sp³-hybridized carbons (Fsp3) is 0.133. The van der Waals surface area contributed by atoms with Crippen LogP contribution >= 0.6 is 15.9 Å². The Morgan fingerprint density at radius 2 is 2.00 bits per heavy atom. The molecule has 0 aliphatic rings. The van der Waals surface area contributed by atoms with Crippen LogP contribution in [0, 0.1) is 5.82 Å². The van der Waals surface area contributed by atoms with Crippen LogP contribution in [-0.2, 0) is 6.42 Å². The van der Waals surface area contributed by atoms with Gasteiger partial charge in [0, 0.05) is 22.3 Å². The first-order chi connectivity index (χ1) is 9.58. The molecule has 104 valence electrons. The lowest BCUT2D eigenvalue weighted by Crippen LogP contribution is -2.25. The Bertz CT molecular complexity index is 631. The Balaban J connectivity index is 1.92. The monoisotopic (exact) mass is 336 g/mol. The molecule has 3 nitrogen and oxygen atoms in total. The van der Waals surface area contributed by atoms with E-state index in [1.165, 1.54) is 6.07 Å². The SMILES string of the molecule is Nc1ccc(C(=O)NCCc2ccccc2F)cc1Br. The summed E-state index contributed by atoms with van der Waals surface area (Å²) in [7, 11) is 0. The van der Waals surface area contributed by atoms with E-state index in [0.29, 0.717) is 34.3 Å². The predicted molar refractivity (Wildman–Crippen MR) is 81.0 cm³/mol. The quantitative estimate of drug-likeness (QED) is 0.842. The minimum Gasteiger partial charge on any atom is -0.398 e. The Morgan fingerprint density at radius 1 is 1.25 bits per heavy atom. The van der Waals surface area contributed by atoms with Crippen molar-refractivity contribution in [3.05, 3.63) is 63.9 Å². The second kappa shape index (κ2) is 6.52. The van der Waals surface area contributed by atoms with Gasteiger partial charge in [0.2, 0.25) is 0 Å². The molecule has 3 N–H and O–H groups in total. The summed E-state index contributed by atoms with van der Waals surface area (Å²) in [4.78, 5) is 11.9. The molecule has 0 bridgehead atoms. The van der Waals surface area contributed by atoms with Gasteiger partial charge in [-0.05, 0) is 52.2 Å². The van der Waals surface area contributed by atoms with Gasteiger partial charge in [-0.15, -0.1) is 0 Å². The highest BCUT2D eigenvalue weighted by Gasteiger charge is 2.07. The third-order valence-corrected chi connectivity index (χ3v) is 3.59. The number of nitrogens with two attached hydrogens (primary N) is 1. The third-order valence-electron chi connectivity index (χ3n) is 2.90. The molecule has 2 aromatic rings. The number of carbonyl (C=O) groups excluding carboxylic acids is 1. The molecule has 0 radical (unpaired) electrons. The van der Waals surface area contributed by atoms with Crippen molar-refractivity contribution in [3.63, 3.8) is 0 Å². The molecule has 1 amide bonds. The van der Waals surface area contributed by atoms with Crippen LogP contribution in [0.2, 0.25) is 0 Å². The van der Waals surface area contributed by atoms with Gasteiger partial charge in [0.15, 0.2) is 0 Å². The summed E-state index contributed by atoms with van der Waals surface area (Å²) in [5.41, 5.74) is 7.34. The maximum absolute atomic E-state index is 13.4. The molecule has 2 aromatic carbocycles. The Labute approximate surface area is 125 Å². The number of halogens is 2. The van der Waals surface area contributed by atoms with E-state index in [0.717, 1.165) is 0 Å². The number of hydrogen-bond donors (Lipinski definition) is 2. The molecule has 0 aromatic heterocycles. The van der Waals surface area contributed by atoms with E-state index in [1.807, 2.05) is 0 Å². The van der Waals surface area contributed by atoms with Crippen molar-refractivity contribution in [3.8, 4) is 0 Å². The second-order valence-corrected chi connectivity index (χ2v) is 5.19. The number of anilines is 1. The molecule has 0 fully saturated rings. The van der Waals surface area contributed by atoms with Crippen molar-refractivity contribution in [2.24, 2.45) is 0 Å². The summed E-state index contributed by atoms with van der Waals surface area (Å²) < 4.78 is 14.1. The van der Waals surface area contributed by atoms with E-state index in [9.17, 15) is 9.18 Å². The number of rotatable bonds is 4. The number of benzene rings is 2. The summed E-state index contributed by atoms with van der Waals surface area (Å²) in [5, 5.41) is 2.75. The fourth-order valence-corrected chi connectivity index (χ4v) is 2.16. The molecule has 0 saturated carbocycles. The highest BCUT2D eigenvalue weighted by atomic mass is 79.9. The van der Waals surface area contributed by atoms with Crippen LogP contribution in [0.1, 0.15) is 15.9 Å². The largest absolute Gasteiger partial charge is 0.398 e.